The number of hydrogen-bond donors (Lipinski definition) is 0. The van der Waals surface area contributed by atoms with Gasteiger partial charge < -0.3 is 4.57 Å². The molecule has 4 rings (SSSR count). The Morgan fingerprint density at radius 3 is 2.57 bits per heavy atom. The minimum atomic E-state index is -0.684. The maximum absolute atomic E-state index is 14.3. The highest BCUT2D eigenvalue weighted by Crippen LogP contribution is 2.22. The quantitative estimate of drug-likeness (QED) is 0.496. The first kappa shape index (κ1) is 18.6. The summed E-state index contributed by atoms with van der Waals surface area (Å²) in [4.78, 5) is 21.6. The summed E-state index contributed by atoms with van der Waals surface area (Å²) in [5, 5.41) is 0.183. The fraction of sp³-hybridized carbons (Fsp3) is 0.105. The molecule has 0 N–H and O–H groups in total. The van der Waals surface area contributed by atoms with Gasteiger partial charge >= 0.3 is 0 Å². The van der Waals surface area contributed by atoms with Crippen LogP contribution in [-0.2, 0) is 13.5 Å². The van der Waals surface area contributed by atoms with Crippen molar-refractivity contribution in [1.29, 1.82) is 0 Å². The van der Waals surface area contributed by atoms with E-state index in [-0.39, 0.29) is 33.5 Å². The lowest BCUT2D eigenvalue weighted by molar-refractivity contribution is 0.610. The third kappa shape index (κ3) is 3.16. The fourth-order valence-corrected chi connectivity index (χ4v) is 3.22. The van der Waals surface area contributed by atoms with Crippen molar-refractivity contribution in [3.05, 3.63) is 86.1 Å². The van der Waals surface area contributed by atoms with Crippen molar-refractivity contribution in [2.45, 2.75) is 6.42 Å². The minimum absolute atomic E-state index is 0.0103. The zero-order valence-electron chi connectivity index (χ0n) is 14.5. The van der Waals surface area contributed by atoms with Crippen LogP contribution in [0.25, 0.3) is 16.9 Å². The van der Waals surface area contributed by atoms with Gasteiger partial charge in [-0.25, -0.2) is 18.7 Å². The van der Waals surface area contributed by atoms with E-state index in [4.69, 9.17) is 23.2 Å². The lowest BCUT2D eigenvalue weighted by Crippen LogP contribution is -2.25. The summed E-state index contributed by atoms with van der Waals surface area (Å²) in [5.74, 6) is -0.986. The highest BCUT2D eigenvalue weighted by Gasteiger charge is 2.18. The highest BCUT2D eigenvalue weighted by molar-refractivity contribution is 6.31. The Morgan fingerprint density at radius 2 is 1.86 bits per heavy atom. The fourth-order valence-electron chi connectivity index (χ4n) is 2.95. The Bertz CT molecular complexity index is 1280. The van der Waals surface area contributed by atoms with E-state index >= 15 is 0 Å². The molecule has 0 saturated heterocycles. The number of benzene rings is 2. The van der Waals surface area contributed by atoms with Crippen LogP contribution >= 0.6 is 23.2 Å². The van der Waals surface area contributed by atoms with Crippen molar-refractivity contribution >= 4 is 34.4 Å². The Labute approximate surface area is 167 Å². The molecule has 2 heterocycles. The van der Waals surface area contributed by atoms with Gasteiger partial charge in [-0.15, -0.1) is 0 Å². The van der Waals surface area contributed by atoms with Gasteiger partial charge in [-0.3, -0.25) is 9.36 Å². The van der Waals surface area contributed by atoms with Gasteiger partial charge in [-0.05, 0) is 35.9 Å². The van der Waals surface area contributed by atoms with E-state index in [0.29, 0.717) is 11.2 Å². The molecule has 0 amide bonds. The van der Waals surface area contributed by atoms with E-state index in [2.05, 4.69) is 9.97 Å². The summed E-state index contributed by atoms with van der Waals surface area (Å²) in [6, 6.07) is 8.21. The van der Waals surface area contributed by atoms with Gasteiger partial charge in [0.2, 0.25) is 0 Å². The number of rotatable bonds is 3. The van der Waals surface area contributed by atoms with Gasteiger partial charge in [-0.1, -0.05) is 29.3 Å². The van der Waals surface area contributed by atoms with Crippen LogP contribution in [-0.4, -0.2) is 19.1 Å². The molecule has 0 aliphatic rings. The minimum Gasteiger partial charge on any atom is -0.318 e. The van der Waals surface area contributed by atoms with Crippen LogP contribution in [0, 0.1) is 11.6 Å². The average molecular weight is 421 g/mol. The lowest BCUT2D eigenvalue weighted by atomic mass is 10.1. The van der Waals surface area contributed by atoms with Gasteiger partial charge in [-0.2, -0.15) is 0 Å². The molecule has 0 aliphatic carbocycles. The zero-order valence-corrected chi connectivity index (χ0v) is 16.0. The van der Waals surface area contributed by atoms with Gasteiger partial charge in [0.1, 0.15) is 17.5 Å². The standard InChI is InChI=1S/C19H12Cl2F2N4O/c1-26-9-24-17-18(26)25-16(6-10-2-3-11(20)7-14(10)22)27(19(17)28)12-4-5-13(21)15(23)8-12/h2-5,7-9H,6H2,1H3. The number of nitrogens with zero attached hydrogens (tertiary/aromatic N) is 4. The first-order valence-electron chi connectivity index (χ1n) is 8.17. The predicted octanol–water partition coefficient (Wildman–Crippen LogP) is 4.30. The van der Waals surface area contributed by atoms with Crippen LogP contribution in [0.1, 0.15) is 11.4 Å². The highest BCUT2D eigenvalue weighted by atomic mass is 35.5. The summed E-state index contributed by atoms with van der Waals surface area (Å²) < 4.78 is 31.1. The molecule has 28 heavy (non-hydrogen) atoms. The van der Waals surface area contributed by atoms with Crippen molar-refractivity contribution in [3.8, 4) is 5.69 Å². The molecule has 2 aromatic heterocycles. The molecule has 5 nitrogen and oxygen atoms in total. The molecular formula is C19H12Cl2F2N4O. The first-order valence-corrected chi connectivity index (χ1v) is 8.93. The van der Waals surface area contributed by atoms with Crippen LogP contribution in [0.4, 0.5) is 8.78 Å². The first-order chi connectivity index (χ1) is 13.3. The van der Waals surface area contributed by atoms with E-state index in [1.165, 1.54) is 35.2 Å². The largest absolute Gasteiger partial charge is 0.318 e. The van der Waals surface area contributed by atoms with Gasteiger partial charge in [0.05, 0.1) is 17.0 Å². The van der Waals surface area contributed by atoms with Crippen LogP contribution < -0.4 is 5.56 Å². The molecule has 142 valence electrons. The van der Waals surface area contributed by atoms with Crippen LogP contribution in [0.3, 0.4) is 0 Å². The molecule has 0 spiro atoms. The Kier molecular flexibility index (Phi) is 4.64. The van der Waals surface area contributed by atoms with Crippen LogP contribution in [0.2, 0.25) is 10.0 Å². The summed E-state index contributed by atoms with van der Waals surface area (Å²) in [7, 11) is 1.70. The summed E-state index contributed by atoms with van der Waals surface area (Å²) in [5.41, 5.74) is 0.493. The van der Waals surface area contributed by atoms with Crippen molar-refractivity contribution in [1.82, 2.24) is 19.1 Å². The van der Waals surface area contributed by atoms with Crippen molar-refractivity contribution in [3.63, 3.8) is 0 Å². The van der Waals surface area contributed by atoms with Crippen molar-refractivity contribution < 1.29 is 8.78 Å². The number of hydrogen-bond acceptors (Lipinski definition) is 3. The monoisotopic (exact) mass is 420 g/mol. The maximum Gasteiger partial charge on any atom is 0.286 e. The van der Waals surface area contributed by atoms with Crippen LogP contribution in [0.5, 0.6) is 0 Å². The molecule has 0 aliphatic heterocycles. The third-order valence-electron chi connectivity index (χ3n) is 4.33. The Morgan fingerprint density at radius 1 is 1.07 bits per heavy atom. The normalized spacial score (nSPS) is 11.3. The number of aromatic nitrogens is 4. The van der Waals surface area contributed by atoms with E-state index in [1.54, 1.807) is 17.7 Å². The lowest BCUT2D eigenvalue weighted by Gasteiger charge is -2.13. The summed E-state index contributed by atoms with van der Waals surface area (Å²) >= 11 is 11.6. The molecular weight excluding hydrogens is 409 g/mol. The molecule has 0 fully saturated rings. The second kappa shape index (κ2) is 7.00. The van der Waals surface area contributed by atoms with E-state index < -0.39 is 17.2 Å². The number of halogens is 4. The van der Waals surface area contributed by atoms with Crippen molar-refractivity contribution in [2.75, 3.05) is 0 Å². The average Bonchev–Trinajstić information content (AvgIpc) is 3.02. The summed E-state index contributed by atoms with van der Waals surface area (Å²) in [6.45, 7) is 0. The summed E-state index contributed by atoms with van der Waals surface area (Å²) in [6.07, 6.45) is 1.45. The zero-order chi connectivity index (χ0) is 20.0. The Balaban J connectivity index is 1.98. The molecule has 0 saturated carbocycles. The van der Waals surface area contributed by atoms with Gasteiger partial charge in [0.15, 0.2) is 11.2 Å². The SMILES string of the molecule is Cn1cnc2c(=O)n(-c3ccc(Cl)c(F)c3)c(Cc3ccc(Cl)cc3F)nc21. The van der Waals surface area contributed by atoms with E-state index in [9.17, 15) is 13.6 Å². The predicted molar refractivity (Wildman–Crippen MR) is 103 cm³/mol. The van der Waals surface area contributed by atoms with Gasteiger partial charge in [0, 0.05) is 18.5 Å². The Hall–Kier alpha value is -2.77. The maximum atomic E-state index is 14.3. The molecule has 0 atom stereocenters. The molecule has 0 radical (unpaired) electrons. The number of imidazole rings is 1. The molecule has 0 bridgehead atoms. The van der Waals surface area contributed by atoms with Gasteiger partial charge in [0.25, 0.3) is 5.56 Å². The molecule has 2 aromatic carbocycles. The number of aryl methyl sites for hydroxylation is 1. The second-order valence-corrected chi connectivity index (χ2v) is 7.05. The molecule has 9 heteroatoms. The smallest absolute Gasteiger partial charge is 0.286 e. The number of fused-ring (bicyclic) bond motifs is 1. The second-order valence-electron chi connectivity index (χ2n) is 6.21. The van der Waals surface area contributed by atoms with E-state index in [1.807, 2.05) is 0 Å². The molecule has 0 unspecified atom stereocenters. The third-order valence-corrected chi connectivity index (χ3v) is 4.87. The topological polar surface area (TPSA) is 52.7 Å². The molecule has 4 aromatic rings. The van der Waals surface area contributed by atoms with Crippen LogP contribution in [0.15, 0.2) is 47.5 Å². The van der Waals surface area contributed by atoms with E-state index in [0.717, 1.165) is 6.07 Å². The van der Waals surface area contributed by atoms with Crippen molar-refractivity contribution in [2.24, 2.45) is 7.05 Å².